The summed E-state index contributed by atoms with van der Waals surface area (Å²) in [5.74, 6) is 1.92. The van der Waals surface area contributed by atoms with Crippen LogP contribution in [0.2, 0.25) is 0 Å². The third-order valence-corrected chi connectivity index (χ3v) is 2.78. The highest BCUT2D eigenvalue weighted by atomic mass is 32.1. The monoisotopic (exact) mass is 290 g/mol. The molecular formula is C13H14N4O2S. The molecule has 3 N–H and O–H groups in total. The summed E-state index contributed by atoms with van der Waals surface area (Å²) in [4.78, 5) is 8.51. The summed E-state index contributed by atoms with van der Waals surface area (Å²) in [5, 5.41) is 3.10. The van der Waals surface area contributed by atoms with Gasteiger partial charge in [-0.25, -0.2) is 9.97 Å². The van der Waals surface area contributed by atoms with Crippen molar-refractivity contribution in [3.05, 3.63) is 36.3 Å². The number of hydrogen-bond acceptors (Lipinski definition) is 6. The van der Waals surface area contributed by atoms with Crippen LogP contribution in [0.1, 0.15) is 5.69 Å². The van der Waals surface area contributed by atoms with Crippen LogP contribution in [0.15, 0.2) is 30.6 Å². The molecule has 6 nitrogen and oxygen atoms in total. The number of nitrogens with zero attached hydrogens (tertiary/aromatic N) is 2. The summed E-state index contributed by atoms with van der Waals surface area (Å²) in [6, 6.07) is 5.43. The van der Waals surface area contributed by atoms with E-state index in [0.717, 1.165) is 5.69 Å². The van der Waals surface area contributed by atoms with Crippen molar-refractivity contribution in [2.45, 2.75) is 0 Å². The Bertz CT molecular complexity index is 616. The standard InChI is InChI=1S/C13H14N4O2S/c1-18-8-3-4-9(11(5-8)19-2)17-12-7-15-10(6-16-12)13(14)20/h3-7H,1-2H3,(H2,14,20)(H,16,17). The molecule has 1 aromatic heterocycles. The molecule has 1 aromatic carbocycles. The largest absolute Gasteiger partial charge is 0.497 e. The zero-order valence-electron chi connectivity index (χ0n) is 11.1. The quantitative estimate of drug-likeness (QED) is 0.813. The van der Waals surface area contributed by atoms with Crippen molar-refractivity contribution in [3.8, 4) is 11.5 Å². The zero-order chi connectivity index (χ0) is 14.5. The van der Waals surface area contributed by atoms with Gasteiger partial charge in [0.2, 0.25) is 0 Å². The van der Waals surface area contributed by atoms with Gasteiger partial charge in [0, 0.05) is 6.07 Å². The highest BCUT2D eigenvalue weighted by Crippen LogP contribution is 2.30. The highest BCUT2D eigenvalue weighted by molar-refractivity contribution is 7.80. The number of benzene rings is 1. The van der Waals surface area contributed by atoms with E-state index in [1.807, 2.05) is 12.1 Å². The van der Waals surface area contributed by atoms with Crippen LogP contribution in [0, 0.1) is 0 Å². The number of hydrogen-bond donors (Lipinski definition) is 2. The number of nitrogens with one attached hydrogen (secondary N) is 1. The van der Waals surface area contributed by atoms with Gasteiger partial charge in [-0.15, -0.1) is 0 Å². The summed E-state index contributed by atoms with van der Waals surface area (Å²) in [6.45, 7) is 0. The number of aromatic nitrogens is 2. The molecule has 0 radical (unpaired) electrons. The average molecular weight is 290 g/mol. The maximum atomic E-state index is 5.47. The maximum Gasteiger partial charge on any atom is 0.149 e. The predicted octanol–water partition coefficient (Wildman–Crippen LogP) is 1.87. The molecule has 0 atom stereocenters. The first-order valence-electron chi connectivity index (χ1n) is 5.75. The van der Waals surface area contributed by atoms with Crippen molar-refractivity contribution in [3.63, 3.8) is 0 Å². The van der Waals surface area contributed by atoms with E-state index in [2.05, 4.69) is 15.3 Å². The van der Waals surface area contributed by atoms with Crippen LogP contribution in [-0.4, -0.2) is 29.2 Å². The lowest BCUT2D eigenvalue weighted by molar-refractivity contribution is 0.395. The minimum Gasteiger partial charge on any atom is -0.497 e. The fourth-order valence-corrected chi connectivity index (χ4v) is 1.66. The van der Waals surface area contributed by atoms with Crippen LogP contribution in [0.3, 0.4) is 0 Å². The molecule has 0 unspecified atom stereocenters. The molecule has 0 fully saturated rings. The van der Waals surface area contributed by atoms with Crippen LogP contribution in [0.25, 0.3) is 0 Å². The Morgan fingerprint density at radius 3 is 2.55 bits per heavy atom. The second-order valence-corrected chi connectivity index (χ2v) is 4.28. The van der Waals surface area contributed by atoms with Gasteiger partial charge in [0.05, 0.1) is 32.3 Å². The fourth-order valence-electron chi connectivity index (χ4n) is 1.56. The first kappa shape index (κ1) is 14.0. The lowest BCUT2D eigenvalue weighted by Crippen LogP contribution is -2.12. The maximum absolute atomic E-state index is 5.47. The Hall–Kier alpha value is -2.41. The van der Waals surface area contributed by atoms with E-state index in [1.54, 1.807) is 26.5 Å². The number of rotatable bonds is 5. The van der Waals surface area contributed by atoms with Crippen LogP contribution >= 0.6 is 12.2 Å². The molecule has 104 valence electrons. The summed E-state index contributed by atoms with van der Waals surface area (Å²) in [7, 11) is 3.18. The molecule has 7 heteroatoms. The minimum absolute atomic E-state index is 0.214. The first-order chi connectivity index (χ1) is 9.63. The second-order valence-electron chi connectivity index (χ2n) is 3.84. The van der Waals surface area contributed by atoms with Gasteiger partial charge in [-0.1, -0.05) is 12.2 Å². The Morgan fingerprint density at radius 1 is 1.20 bits per heavy atom. The lowest BCUT2D eigenvalue weighted by Gasteiger charge is -2.11. The zero-order valence-corrected chi connectivity index (χ0v) is 11.9. The lowest BCUT2D eigenvalue weighted by atomic mass is 10.2. The Labute approximate surface area is 121 Å². The first-order valence-corrected chi connectivity index (χ1v) is 6.15. The third kappa shape index (κ3) is 3.12. The minimum atomic E-state index is 0.214. The number of thiocarbonyl (C=S) groups is 1. The molecule has 2 rings (SSSR count). The number of methoxy groups -OCH3 is 2. The van der Waals surface area contributed by atoms with Crippen molar-refractivity contribution in [2.24, 2.45) is 5.73 Å². The van der Waals surface area contributed by atoms with Crippen LogP contribution < -0.4 is 20.5 Å². The number of anilines is 2. The molecule has 0 aliphatic rings. The Morgan fingerprint density at radius 2 is 2.00 bits per heavy atom. The summed E-state index contributed by atoms with van der Waals surface area (Å²) >= 11 is 4.82. The third-order valence-electron chi connectivity index (χ3n) is 2.58. The molecule has 0 saturated carbocycles. The van der Waals surface area contributed by atoms with Crippen molar-refractivity contribution in [1.29, 1.82) is 0 Å². The average Bonchev–Trinajstić information content (AvgIpc) is 2.48. The molecule has 0 saturated heterocycles. The van der Waals surface area contributed by atoms with Crippen molar-refractivity contribution >= 4 is 28.7 Å². The van der Waals surface area contributed by atoms with E-state index < -0.39 is 0 Å². The molecule has 0 aliphatic heterocycles. The van der Waals surface area contributed by atoms with Gasteiger partial charge < -0.3 is 20.5 Å². The molecule has 20 heavy (non-hydrogen) atoms. The molecule has 1 heterocycles. The van der Waals surface area contributed by atoms with Gasteiger partial charge in [-0.3, -0.25) is 0 Å². The van der Waals surface area contributed by atoms with Crippen LogP contribution in [0.5, 0.6) is 11.5 Å². The summed E-state index contributed by atoms with van der Waals surface area (Å²) < 4.78 is 10.4. The SMILES string of the molecule is COc1ccc(Nc2cnc(C(N)=S)cn2)c(OC)c1. The molecule has 2 aromatic rings. The van der Waals surface area contributed by atoms with Gasteiger partial charge in [0.1, 0.15) is 28.0 Å². The van der Waals surface area contributed by atoms with E-state index in [-0.39, 0.29) is 4.99 Å². The van der Waals surface area contributed by atoms with Crippen molar-refractivity contribution < 1.29 is 9.47 Å². The van der Waals surface area contributed by atoms with Crippen molar-refractivity contribution in [2.75, 3.05) is 19.5 Å². The van der Waals surface area contributed by atoms with E-state index in [4.69, 9.17) is 27.4 Å². The van der Waals surface area contributed by atoms with Gasteiger partial charge in [-0.2, -0.15) is 0 Å². The molecule has 0 aliphatic carbocycles. The molecule has 0 bridgehead atoms. The van der Waals surface area contributed by atoms with Crippen LogP contribution in [-0.2, 0) is 0 Å². The Kier molecular flexibility index (Phi) is 4.31. The number of nitrogens with two attached hydrogens (primary N) is 1. The number of ether oxygens (including phenoxy) is 2. The van der Waals surface area contributed by atoms with E-state index >= 15 is 0 Å². The fraction of sp³-hybridized carbons (Fsp3) is 0.154. The van der Waals surface area contributed by atoms with E-state index in [0.29, 0.717) is 23.0 Å². The van der Waals surface area contributed by atoms with Gasteiger partial charge in [-0.05, 0) is 12.1 Å². The van der Waals surface area contributed by atoms with E-state index in [1.165, 1.54) is 6.20 Å². The van der Waals surface area contributed by atoms with E-state index in [9.17, 15) is 0 Å². The molecule has 0 amide bonds. The predicted molar refractivity (Wildman–Crippen MR) is 80.7 cm³/mol. The van der Waals surface area contributed by atoms with Crippen LogP contribution in [0.4, 0.5) is 11.5 Å². The summed E-state index contributed by atoms with van der Waals surface area (Å²) in [6.07, 6.45) is 3.07. The van der Waals surface area contributed by atoms with Crippen molar-refractivity contribution in [1.82, 2.24) is 9.97 Å². The van der Waals surface area contributed by atoms with Gasteiger partial charge in [0.25, 0.3) is 0 Å². The second kappa shape index (κ2) is 6.16. The van der Waals surface area contributed by atoms with Gasteiger partial charge in [0.15, 0.2) is 0 Å². The highest BCUT2D eigenvalue weighted by Gasteiger charge is 2.06. The Balaban J connectivity index is 2.23. The van der Waals surface area contributed by atoms with Gasteiger partial charge >= 0.3 is 0 Å². The molecule has 0 spiro atoms. The normalized spacial score (nSPS) is 9.90. The smallest absolute Gasteiger partial charge is 0.149 e. The molecular weight excluding hydrogens is 276 g/mol. The summed E-state index contributed by atoms with van der Waals surface area (Å²) in [5.41, 5.74) is 6.70. The topological polar surface area (TPSA) is 82.3 Å².